The third-order valence-corrected chi connectivity index (χ3v) is 1.94. The standard InChI is InChI=1S/C10H10F3NO/c1-14(2)9-4-3-7(6-15)5-8(9)10(11,12)13/h3-6H,1-2H3. The molecule has 82 valence electrons. The van der Waals surface area contributed by atoms with Crippen LogP contribution in [-0.4, -0.2) is 20.4 Å². The highest BCUT2D eigenvalue weighted by atomic mass is 19.4. The van der Waals surface area contributed by atoms with Gasteiger partial charge in [0, 0.05) is 25.3 Å². The van der Waals surface area contributed by atoms with E-state index in [4.69, 9.17) is 0 Å². The number of carbonyl (C=O) groups excluding carboxylic acids is 1. The van der Waals surface area contributed by atoms with Crippen molar-refractivity contribution in [1.82, 2.24) is 0 Å². The average molecular weight is 217 g/mol. The molecule has 5 heteroatoms. The number of aldehydes is 1. The van der Waals surface area contributed by atoms with E-state index in [1.54, 1.807) is 0 Å². The molecular formula is C10H10F3NO. The van der Waals surface area contributed by atoms with Gasteiger partial charge in [0.2, 0.25) is 0 Å². The monoisotopic (exact) mass is 217 g/mol. The summed E-state index contributed by atoms with van der Waals surface area (Å²) in [5.74, 6) is 0. The Bertz CT molecular complexity index is 371. The van der Waals surface area contributed by atoms with Crippen LogP contribution < -0.4 is 4.90 Å². The summed E-state index contributed by atoms with van der Waals surface area (Å²) in [5.41, 5.74) is -0.724. The van der Waals surface area contributed by atoms with Crippen molar-refractivity contribution in [2.75, 3.05) is 19.0 Å². The summed E-state index contributed by atoms with van der Waals surface area (Å²) in [6.45, 7) is 0. The third kappa shape index (κ3) is 2.49. The first-order valence-corrected chi connectivity index (χ1v) is 4.20. The molecule has 2 nitrogen and oxygen atoms in total. The lowest BCUT2D eigenvalue weighted by molar-refractivity contribution is -0.137. The minimum Gasteiger partial charge on any atom is -0.377 e. The van der Waals surface area contributed by atoms with Crippen LogP contribution in [0.3, 0.4) is 0 Å². The third-order valence-electron chi connectivity index (χ3n) is 1.94. The summed E-state index contributed by atoms with van der Waals surface area (Å²) in [6.07, 6.45) is -4.05. The molecule has 1 aromatic carbocycles. The first kappa shape index (κ1) is 11.6. The van der Waals surface area contributed by atoms with Crippen molar-refractivity contribution < 1.29 is 18.0 Å². The van der Waals surface area contributed by atoms with Crippen LogP contribution in [0.1, 0.15) is 15.9 Å². The topological polar surface area (TPSA) is 20.3 Å². The Morgan fingerprint density at radius 2 is 1.87 bits per heavy atom. The van der Waals surface area contributed by atoms with Crippen molar-refractivity contribution in [2.24, 2.45) is 0 Å². The van der Waals surface area contributed by atoms with E-state index in [9.17, 15) is 18.0 Å². The summed E-state index contributed by atoms with van der Waals surface area (Å²) in [4.78, 5) is 11.7. The molecule has 0 saturated carbocycles. The Hall–Kier alpha value is -1.52. The van der Waals surface area contributed by atoms with Crippen molar-refractivity contribution >= 4 is 12.0 Å². The van der Waals surface area contributed by atoms with E-state index < -0.39 is 11.7 Å². The highest BCUT2D eigenvalue weighted by Crippen LogP contribution is 2.36. The molecule has 0 aliphatic rings. The molecule has 0 aliphatic heterocycles. The molecule has 0 heterocycles. The number of nitrogens with zero attached hydrogens (tertiary/aromatic N) is 1. The van der Waals surface area contributed by atoms with E-state index in [-0.39, 0.29) is 11.3 Å². The quantitative estimate of drug-likeness (QED) is 0.709. The van der Waals surface area contributed by atoms with Gasteiger partial charge in [-0.05, 0) is 18.2 Å². The molecule has 0 aromatic heterocycles. The van der Waals surface area contributed by atoms with Gasteiger partial charge in [-0.15, -0.1) is 0 Å². The Morgan fingerprint density at radius 1 is 1.27 bits per heavy atom. The maximum Gasteiger partial charge on any atom is 0.418 e. The number of carbonyl (C=O) groups is 1. The smallest absolute Gasteiger partial charge is 0.377 e. The molecule has 0 N–H and O–H groups in total. The van der Waals surface area contributed by atoms with E-state index >= 15 is 0 Å². The largest absolute Gasteiger partial charge is 0.418 e. The van der Waals surface area contributed by atoms with Crippen LogP contribution >= 0.6 is 0 Å². The second-order valence-electron chi connectivity index (χ2n) is 3.29. The summed E-state index contributed by atoms with van der Waals surface area (Å²) in [7, 11) is 3.04. The summed E-state index contributed by atoms with van der Waals surface area (Å²) >= 11 is 0. The summed E-state index contributed by atoms with van der Waals surface area (Å²) < 4.78 is 37.7. The van der Waals surface area contributed by atoms with Gasteiger partial charge in [0.1, 0.15) is 6.29 Å². The minimum absolute atomic E-state index is 0.0212. The van der Waals surface area contributed by atoms with Crippen LogP contribution in [0.4, 0.5) is 18.9 Å². The molecule has 15 heavy (non-hydrogen) atoms. The first-order valence-electron chi connectivity index (χ1n) is 4.20. The second kappa shape index (κ2) is 3.92. The molecule has 1 aromatic rings. The normalized spacial score (nSPS) is 11.3. The van der Waals surface area contributed by atoms with Crippen LogP contribution in [0, 0.1) is 0 Å². The van der Waals surface area contributed by atoms with Crippen LogP contribution in [0.5, 0.6) is 0 Å². The fourth-order valence-electron chi connectivity index (χ4n) is 1.24. The molecule has 0 radical (unpaired) electrons. The lowest BCUT2D eigenvalue weighted by Gasteiger charge is -2.19. The summed E-state index contributed by atoms with van der Waals surface area (Å²) in [5, 5.41) is 0. The molecule has 0 atom stereocenters. The Balaban J connectivity index is 3.35. The van der Waals surface area contributed by atoms with Crippen LogP contribution in [0.25, 0.3) is 0 Å². The molecule has 0 saturated heterocycles. The number of anilines is 1. The van der Waals surface area contributed by atoms with Gasteiger partial charge in [0.05, 0.1) is 5.56 Å². The maximum absolute atomic E-state index is 12.6. The first-order chi connectivity index (χ1) is 6.86. The fourth-order valence-corrected chi connectivity index (χ4v) is 1.24. The van der Waals surface area contributed by atoms with Gasteiger partial charge in [-0.1, -0.05) is 0 Å². The Labute approximate surface area is 85.3 Å². The SMILES string of the molecule is CN(C)c1ccc(C=O)cc1C(F)(F)F. The number of benzene rings is 1. The molecule has 0 spiro atoms. The predicted molar refractivity (Wildman–Crippen MR) is 51.2 cm³/mol. The van der Waals surface area contributed by atoms with Crippen LogP contribution in [-0.2, 0) is 6.18 Å². The van der Waals surface area contributed by atoms with Gasteiger partial charge >= 0.3 is 6.18 Å². The van der Waals surface area contributed by atoms with Gasteiger partial charge in [0.25, 0.3) is 0 Å². The van der Waals surface area contributed by atoms with E-state index in [2.05, 4.69) is 0 Å². The number of alkyl halides is 3. The molecule has 1 rings (SSSR count). The zero-order valence-corrected chi connectivity index (χ0v) is 8.30. The van der Waals surface area contributed by atoms with E-state index in [1.807, 2.05) is 0 Å². The lowest BCUT2D eigenvalue weighted by atomic mass is 10.1. The van der Waals surface area contributed by atoms with Crippen molar-refractivity contribution in [1.29, 1.82) is 0 Å². The van der Waals surface area contributed by atoms with Gasteiger partial charge in [-0.3, -0.25) is 4.79 Å². The molecule has 0 fully saturated rings. The van der Waals surface area contributed by atoms with Crippen LogP contribution in [0.15, 0.2) is 18.2 Å². The lowest BCUT2D eigenvalue weighted by Crippen LogP contribution is -2.16. The van der Waals surface area contributed by atoms with Crippen molar-refractivity contribution in [3.05, 3.63) is 29.3 Å². The predicted octanol–water partition coefficient (Wildman–Crippen LogP) is 2.58. The van der Waals surface area contributed by atoms with Gasteiger partial charge in [-0.2, -0.15) is 13.2 Å². The Morgan fingerprint density at radius 3 is 2.27 bits per heavy atom. The number of rotatable bonds is 2. The van der Waals surface area contributed by atoms with E-state index in [0.717, 1.165) is 6.07 Å². The fraction of sp³-hybridized carbons (Fsp3) is 0.300. The van der Waals surface area contributed by atoms with Crippen molar-refractivity contribution in [2.45, 2.75) is 6.18 Å². The van der Waals surface area contributed by atoms with Crippen LogP contribution in [0.2, 0.25) is 0 Å². The maximum atomic E-state index is 12.6. The van der Waals surface area contributed by atoms with Gasteiger partial charge in [0.15, 0.2) is 0 Å². The van der Waals surface area contributed by atoms with Crippen molar-refractivity contribution in [3.8, 4) is 0 Å². The molecule has 0 amide bonds. The average Bonchev–Trinajstić information content (AvgIpc) is 2.15. The zero-order chi connectivity index (χ0) is 11.6. The highest BCUT2D eigenvalue weighted by molar-refractivity contribution is 5.77. The molecule has 0 bridgehead atoms. The zero-order valence-electron chi connectivity index (χ0n) is 8.30. The van der Waals surface area contributed by atoms with Crippen molar-refractivity contribution in [3.63, 3.8) is 0 Å². The van der Waals surface area contributed by atoms with E-state index in [1.165, 1.54) is 31.1 Å². The van der Waals surface area contributed by atoms with Gasteiger partial charge in [-0.25, -0.2) is 0 Å². The number of hydrogen-bond donors (Lipinski definition) is 0. The highest BCUT2D eigenvalue weighted by Gasteiger charge is 2.34. The van der Waals surface area contributed by atoms with E-state index in [0.29, 0.717) is 6.29 Å². The molecule has 0 aliphatic carbocycles. The number of halogens is 3. The Kier molecular flexibility index (Phi) is 3.02. The molecular weight excluding hydrogens is 207 g/mol. The van der Waals surface area contributed by atoms with Gasteiger partial charge < -0.3 is 4.90 Å². The summed E-state index contributed by atoms with van der Waals surface area (Å²) in [6, 6.07) is 3.49. The molecule has 0 unspecified atom stereocenters. The second-order valence-corrected chi connectivity index (χ2v) is 3.29. The minimum atomic E-state index is -4.45. The number of hydrogen-bond acceptors (Lipinski definition) is 2.